The van der Waals surface area contributed by atoms with Crippen molar-refractivity contribution in [1.82, 2.24) is 4.98 Å². The van der Waals surface area contributed by atoms with Gasteiger partial charge >= 0.3 is 5.91 Å². The lowest BCUT2D eigenvalue weighted by Gasteiger charge is -2.24. The second-order valence-corrected chi connectivity index (χ2v) is 7.74. The summed E-state index contributed by atoms with van der Waals surface area (Å²) in [5.41, 5.74) is -0.510. The Morgan fingerprint density at radius 1 is 1.09 bits per heavy atom. The van der Waals surface area contributed by atoms with Gasteiger partial charge in [0, 0.05) is 33.9 Å². The zero-order chi connectivity index (χ0) is 23.0. The van der Waals surface area contributed by atoms with E-state index in [2.05, 4.69) is 20.9 Å². The lowest BCUT2D eigenvalue weighted by atomic mass is 9.95. The van der Waals surface area contributed by atoms with Gasteiger partial charge in [0.2, 0.25) is 0 Å². The number of aromatic nitrogens is 1. The number of nitrogens with zero attached hydrogens (tertiary/aromatic N) is 3. The van der Waals surface area contributed by atoms with Crippen LogP contribution >= 0.6 is 15.9 Å². The molecule has 4 rings (SSSR count). The summed E-state index contributed by atoms with van der Waals surface area (Å²) in [7, 11) is 0. The third kappa shape index (κ3) is 3.65. The number of nitro groups is 1. The van der Waals surface area contributed by atoms with Gasteiger partial charge in [-0.2, -0.15) is 0 Å². The molecule has 10 heteroatoms. The number of ketones is 1. The van der Waals surface area contributed by atoms with Crippen LogP contribution in [0.15, 0.2) is 76.9 Å². The number of nitro benzene ring substituents is 1. The lowest BCUT2D eigenvalue weighted by Crippen LogP contribution is -2.30. The fourth-order valence-electron chi connectivity index (χ4n) is 3.47. The molecule has 160 valence electrons. The summed E-state index contributed by atoms with van der Waals surface area (Å²) in [6.45, 7) is 0. The van der Waals surface area contributed by atoms with Gasteiger partial charge in [-0.25, -0.2) is 9.37 Å². The number of anilines is 1. The minimum Gasteiger partial charge on any atom is -0.507 e. The monoisotopic (exact) mass is 497 g/mol. The van der Waals surface area contributed by atoms with Crippen molar-refractivity contribution in [2.45, 2.75) is 6.04 Å². The van der Waals surface area contributed by atoms with Crippen LogP contribution in [0.1, 0.15) is 17.2 Å². The first kappa shape index (κ1) is 21.3. The number of hydrogen-bond donors (Lipinski definition) is 1. The maximum atomic E-state index is 14.8. The standard InChI is InChI=1S/C22H13BrFN3O5/c23-13-7-10-17(25-11-13)26-19(15-3-1-2-4-16(15)24)18(21(29)22(26)30)20(28)12-5-8-14(9-6-12)27(31)32/h1-11,19,28H/b20-18+. The molecule has 1 saturated heterocycles. The molecule has 0 radical (unpaired) electrons. The van der Waals surface area contributed by atoms with Crippen LogP contribution in [0.4, 0.5) is 15.9 Å². The second-order valence-electron chi connectivity index (χ2n) is 6.83. The first-order valence-electron chi connectivity index (χ1n) is 9.21. The fourth-order valence-corrected chi connectivity index (χ4v) is 3.70. The van der Waals surface area contributed by atoms with Crippen molar-refractivity contribution in [1.29, 1.82) is 0 Å². The number of rotatable bonds is 4. The zero-order valence-electron chi connectivity index (χ0n) is 16.1. The van der Waals surface area contributed by atoms with Gasteiger partial charge in [0.1, 0.15) is 17.4 Å². The Hall–Kier alpha value is -3.92. The minimum absolute atomic E-state index is 0.0140. The number of amides is 1. The SMILES string of the molecule is O=C1C(=O)N(c2ccc(Br)cn2)C(c2ccccc2F)/C1=C(\O)c1ccc([N+](=O)[O-])cc1. The van der Waals surface area contributed by atoms with Crippen molar-refractivity contribution >= 4 is 44.9 Å². The predicted molar refractivity (Wildman–Crippen MR) is 116 cm³/mol. The van der Waals surface area contributed by atoms with Crippen LogP contribution in [0, 0.1) is 15.9 Å². The largest absolute Gasteiger partial charge is 0.507 e. The molecule has 2 aromatic carbocycles. The number of benzene rings is 2. The van der Waals surface area contributed by atoms with Crippen LogP contribution in [-0.2, 0) is 9.59 Å². The highest BCUT2D eigenvalue weighted by molar-refractivity contribution is 9.10. The summed E-state index contributed by atoms with van der Waals surface area (Å²) >= 11 is 3.24. The van der Waals surface area contributed by atoms with Crippen molar-refractivity contribution in [3.63, 3.8) is 0 Å². The summed E-state index contributed by atoms with van der Waals surface area (Å²) in [6.07, 6.45) is 1.42. The molecule has 0 spiro atoms. The molecule has 1 unspecified atom stereocenters. The molecule has 1 atom stereocenters. The molecule has 8 nitrogen and oxygen atoms in total. The average molecular weight is 498 g/mol. The Labute approximate surface area is 188 Å². The van der Waals surface area contributed by atoms with E-state index in [0.717, 1.165) is 17.0 Å². The van der Waals surface area contributed by atoms with Crippen LogP contribution < -0.4 is 4.90 Å². The van der Waals surface area contributed by atoms with E-state index in [9.17, 15) is 29.2 Å². The molecule has 3 aromatic rings. The summed E-state index contributed by atoms with van der Waals surface area (Å²) in [5.74, 6) is -3.19. The van der Waals surface area contributed by atoms with E-state index in [0.29, 0.717) is 4.47 Å². The summed E-state index contributed by atoms with van der Waals surface area (Å²) in [6, 6.07) is 12.2. The van der Waals surface area contributed by atoms with E-state index in [4.69, 9.17) is 0 Å². The summed E-state index contributed by atoms with van der Waals surface area (Å²) < 4.78 is 15.4. The molecule has 32 heavy (non-hydrogen) atoms. The molecule has 0 aliphatic carbocycles. The molecule has 1 fully saturated rings. The van der Waals surface area contributed by atoms with Gasteiger partial charge in [-0.15, -0.1) is 0 Å². The number of aliphatic hydroxyl groups is 1. The van der Waals surface area contributed by atoms with E-state index >= 15 is 0 Å². The van der Waals surface area contributed by atoms with Crippen LogP contribution in [0.25, 0.3) is 5.76 Å². The molecular weight excluding hydrogens is 485 g/mol. The Morgan fingerprint density at radius 3 is 2.38 bits per heavy atom. The predicted octanol–water partition coefficient (Wildman–Crippen LogP) is 4.52. The highest BCUT2D eigenvalue weighted by Gasteiger charge is 2.48. The molecule has 1 N–H and O–H groups in total. The summed E-state index contributed by atoms with van der Waals surface area (Å²) in [5, 5.41) is 21.8. The molecule has 1 amide bonds. The highest BCUT2D eigenvalue weighted by Crippen LogP contribution is 2.42. The molecule has 0 saturated carbocycles. The fraction of sp³-hybridized carbons (Fsp3) is 0.0455. The zero-order valence-corrected chi connectivity index (χ0v) is 17.7. The molecular formula is C22H13BrFN3O5. The van der Waals surface area contributed by atoms with Gasteiger partial charge < -0.3 is 5.11 Å². The van der Waals surface area contributed by atoms with E-state index in [1.54, 1.807) is 12.1 Å². The van der Waals surface area contributed by atoms with Crippen LogP contribution in [0.3, 0.4) is 0 Å². The quantitative estimate of drug-likeness (QED) is 0.186. The van der Waals surface area contributed by atoms with Gasteiger partial charge in [0.05, 0.1) is 16.5 Å². The van der Waals surface area contributed by atoms with Gasteiger partial charge in [-0.3, -0.25) is 24.6 Å². The maximum Gasteiger partial charge on any atom is 0.301 e. The molecule has 1 aliphatic heterocycles. The van der Waals surface area contributed by atoms with Crippen molar-refractivity contribution in [2.75, 3.05) is 4.90 Å². The number of hydrogen-bond acceptors (Lipinski definition) is 6. The van der Waals surface area contributed by atoms with Gasteiger partial charge in [0.15, 0.2) is 0 Å². The molecule has 0 bridgehead atoms. The van der Waals surface area contributed by atoms with E-state index in [1.807, 2.05) is 0 Å². The Balaban J connectivity index is 1.93. The van der Waals surface area contributed by atoms with Gasteiger partial charge in [0.25, 0.3) is 11.5 Å². The van der Waals surface area contributed by atoms with Crippen LogP contribution in [0.2, 0.25) is 0 Å². The topological polar surface area (TPSA) is 114 Å². The number of carbonyl (C=O) groups excluding carboxylic acids is 2. The third-order valence-electron chi connectivity index (χ3n) is 4.95. The van der Waals surface area contributed by atoms with Crippen molar-refractivity contribution in [3.05, 3.63) is 104 Å². The number of carbonyl (C=O) groups is 2. The van der Waals surface area contributed by atoms with Crippen LogP contribution in [0.5, 0.6) is 0 Å². The maximum absolute atomic E-state index is 14.8. The Kier molecular flexibility index (Phi) is 5.54. The van der Waals surface area contributed by atoms with E-state index < -0.39 is 34.2 Å². The molecule has 2 heterocycles. The average Bonchev–Trinajstić information content (AvgIpc) is 3.05. The first-order chi connectivity index (χ1) is 15.3. The van der Waals surface area contributed by atoms with Gasteiger partial charge in [-0.05, 0) is 46.3 Å². The number of aliphatic hydroxyl groups excluding tert-OH is 1. The van der Waals surface area contributed by atoms with Gasteiger partial charge in [-0.1, -0.05) is 18.2 Å². The normalized spacial score (nSPS) is 17.6. The third-order valence-corrected chi connectivity index (χ3v) is 5.42. The number of non-ortho nitro benzene ring substituents is 1. The lowest BCUT2D eigenvalue weighted by molar-refractivity contribution is -0.384. The first-order valence-corrected chi connectivity index (χ1v) is 10.0. The second kappa shape index (κ2) is 8.31. The minimum atomic E-state index is -1.29. The van der Waals surface area contributed by atoms with Crippen molar-refractivity contribution < 1.29 is 24.0 Å². The van der Waals surface area contributed by atoms with E-state index in [-0.39, 0.29) is 28.2 Å². The Bertz CT molecular complexity index is 1280. The molecule has 1 aliphatic rings. The van der Waals surface area contributed by atoms with Crippen molar-refractivity contribution in [3.8, 4) is 0 Å². The number of Topliss-reactive ketones (excluding diaryl/α,β-unsaturated/α-hetero) is 1. The van der Waals surface area contributed by atoms with Crippen LogP contribution in [-0.4, -0.2) is 26.7 Å². The van der Waals surface area contributed by atoms with Crippen molar-refractivity contribution in [2.24, 2.45) is 0 Å². The Morgan fingerprint density at radius 2 is 1.78 bits per heavy atom. The summed E-state index contributed by atoms with van der Waals surface area (Å²) in [4.78, 5) is 41.4. The highest BCUT2D eigenvalue weighted by atomic mass is 79.9. The number of pyridine rings is 1. The van der Waals surface area contributed by atoms with E-state index in [1.165, 1.54) is 42.6 Å². The smallest absolute Gasteiger partial charge is 0.301 e. The molecule has 1 aromatic heterocycles. The number of halogens is 2.